The minimum absolute atomic E-state index is 0.347. The molecule has 0 unspecified atom stereocenters. The van der Waals surface area contributed by atoms with Crippen LogP contribution in [0.4, 0.5) is 11.7 Å². The average molecular weight is 205 g/mol. The van der Waals surface area contributed by atoms with E-state index in [1.165, 1.54) is 0 Å². The van der Waals surface area contributed by atoms with Crippen LogP contribution in [0, 0.1) is 0 Å². The van der Waals surface area contributed by atoms with Crippen LogP contribution in [0.25, 0.3) is 11.1 Å². The molecule has 0 saturated heterocycles. The molecule has 0 aliphatic rings. The smallest absolute Gasteiger partial charge is 0.298 e. The number of nitrogens with two attached hydrogens (primary N) is 1. The number of hydrogen-bond donors (Lipinski definition) is 1. The van der Waals surface area contributed by atoms with Crippen LogP contribution >= 0.6 is 0 Å². The van der Waals surface area contributed by atoms with Crippen molar-refractivity contribution >= 4 is 22.8 Å². The molecule has 2 N–H and O–H groups in total. The van der Waals surface area contributed by atoms with Gasteiger partial charge < -0.3 is 15.1 Å². The maximum atomic E-state index is 5.80. The van der Waals surface area contributed by atoms with E-state index in [1.54, 1.807) is 0 Å². The lowest BCUT2D eigenvalue weighted by atomic mass is 10.3. The quantitative estimate of drug-likeness (QED) is 0.764. The van der Waals surface area contributed by atoms with Gasteiger partial charge in [0.1, 0.15) is 5.52 Å². The van der Waals surface area contributed by atoms with E-state index in [-0.39, 0.29) is 0 Å². The third kappa shape index (κ3) is 1.63. The summed E-state index contributed by atoms with van der Waals surface area (Å²) in [5.41, 5.74) is 7.93. The maximum Gasteiger partial charge on any atom is 0.298 e. The number of fused-ring (bicyclic) bond motifs is 1. The Kier molecular flexibility index (Phi) is 2.26. The lowest BCUT2D eigenvalue weighted by molar-refractivity contribution is 0.561. The predicted octanol–water partition coefficient (Wildman–Crippen LogP) is 2.25. The molecule has 15 heavy (non-hydrogen) atoms. The van der Waals surface area contributed by atoms with Gasteiger partial charge in [0.2, 0.25) is 0 Å². The lowest BCUT2D eigenvalue weighted by Gasteiger charge is -2.18. The number of oxazole rings is 1. The van der Waals surface area contributed by atoms with Crippen LogP contribution in [-0.2, 0) is 0 Å². The fraction of sp³-hybridized carbons (Fsp3) is 0.364. The zero-order valence-electron chi connectivity index (χ0n) is 9.19. The van der Waals surface area contributed by atoms with Crippen molar-refractivity contribution < 1.29 is 4.42 Å². The first-order valence-corrected chi connectivity index (χ1v) is 4.97. The second-order valence-electron chi connectivity index (χ2n) is 3.90. The largest absolute Gasteiger partial charge is 0.423 e. The van der Waals surface area contributed by atoms with Crippen molar-refractivity contribution in [2.24, 2.45) is 0 Å². The highest BCUT2D eigenvalue weighted by atomic mass is 16.4. The van der Waals surface area contributed by atoms with Gasteiger partial charge >= 0.3 is 0 Å². The third-order valence-corrected chi connectivity index (χ3v) is 2.52. The Morgan fingerprint density at radius 3 is 2.73 bits per heavy atom. The Bertz CT molecular complexity index is 476. The fourth-order valence-electron chi connectivity index (χ4n) is 1.33. The van der Waals surface area contributed by atoms with E-state index >= 15 is 0 Å². The molecular weight excluding hydrogens is 190 g/mol. The number of nitrogen functional groups attached to an aromatic ring is 1. The van der Waals surface area contributed by atoms with Gasteiger partial charge in [-0.05, 0) is 26.0 Å². The van der Waals surface area contributed by atoms with Crippen molar-refractivity contribution in [3.63, 3.8) is 0 Å². The van der Waals surface area contributed by atoms with Gasteiger partial charge in [0, 0.05) is 13.1 Å². The van der Waals surface area contributed by atoms with Crippen LogP contribution in [0.5, 0.6) is 0 Å². The Balaban J connectivity index is 2.52. The molecule has 0 radical (unpaired) electrons. The van der Waals surface area contributed by atoms with Gasteiger partial charge in [0.25, 0.3) is 6.01 Å². The van der Waals surface area contributed by atoms with Gasteiger partial charge in [-0.1, -0.05) is 6.07 Å². The van der Waals surface area contributed by atoms with Crippen LogP contribution in [0.3, 0.4) is 0 Å². The number of rotatable bonds is 2. The number of hydrogen-bond acceptors (Lipinski definition) is 4. The Hall–Kier alpha value is -1.71. The van der Waals surface area contributed by atoms with Crippen molar-refractivity contribution in [1.29, 1.82) is 0 Å². The second kappa shape index (κ2) is 3.46. The molecule has 0 bridgehead atoms. The standard InChI is InChI=1S/C11H15N3O/c1-7(2)14(3)11-13-10-8(12)5-4-6-9(10)15-11/h4-7H,12H2,1-3H3. The van der Waals surface area contributed by atoms with Crippen molar-refractivity contribution in [1.82, 2.24) is 4.98 Å². The summed E-state index contributed by atoms with van der Waals surface area (Å²) in [4.78, 5) is 6.34. The average Bonchev–Trinajstić information content (AvgIpc) is 2.61. The van der Waals surface area contributed by atoms with Crippen LogP contribution < -0.4 is 10.6 Å². The van der Waals surface area contributed by atoms with Crippen LogP contribution in [0.2, 0.25) is 0 Å². The molecule has 0 amide bonds. The zero-order chi connectivity index (χ0) is 11.0. The summed E-state index contributed by atoms with van der Waals surface area (Å²) in [5, 5.41) is 0. The first-order chi connectivity index (χ1) is 7.09. The second-order valence-corrected chi connectivity index (χ2v) is 3.90. The zero-order valence-corrected chi connectivity index (χ0v) is 9.19. The molecule has 0 fully saturated rings. The van der Waals surface area contributed by atoms with Gasteiger partial charge in [-0.15, -0.1) is 0 Å². The van der Waals surface area contributed by atoms with E-state index < -0.39 is 0 Å². The summed E-state index contributed by atoms with van der Waals surface area (Å²) in [7, 11) is 1.95. The highest BCUT2D eigenvalue weighted by molar-refractivity contribution is 5.86. The molecule has 4 heteroatoms. The van der Waals surface area contributed by atoms with E-state index in [4.69, 9.17) is 10.2 Å². The normalized spacial score (nSPS) is 11.2. The predicted molar refractivity (Wildman–Crippen MR) is 62.0 cm³/mol. The van der Waals surface area contributed by atoms with Crippen LogP contribution in [0.1, 0.15) is 13.8 Å². The molecule has 4 nitrogen and oxygen atoms in total. The number of nitrogens with zero attached hydrogens (tertiary/aromatic N) is 2. The van der Waals surface area contributed by atoms with Crippen molar-refractivity contribution in [3.8, 4) is 0 Å². The summed E-state index contributed by atoms with van der Waals surface area (Å²) in [5.74, 6) is 0. The number of para-hydroxylation sites is 1. The summed E-state index contributed by atoms with van der Waals surface area (Å²) in [6.45, 7) is 4.16. The monoisotopic (exact) mass is 205 g/mol. The van der Waals surface area contributed by atoms with Crippen molar-refractivity contribution in [2.75, 3.05) is 17.7 Å². The molecule has 1 aromatic carbocycles. The van der Waals surface area contributed by atoms with Crippen LogP contribution in [-0.4, -0.2) is 18.1 Å². The lowest BCUT2D eigenvalue weighted by Crippen LogP contribution is -2.25. The third-order valence-electron chi connectivity index (χ3n) is 2.52. The minimum atomic E-state index is 0.347. The van der Waals surface area contributed by atoms with Crippen molar-refractivity contribution in [3.05, 3.63) is 18.2 Å². The number of aromatic nitrogens is 1. The molecule has 0 aliphatic carbocycles. The number of benzene rings is 1. The molecule has 0 atom stereocenters. The first kappa shape index (κ1) is 9.83. The minimum Gasteiger partial charge on any atom is -0.423 e. The first-order valence-electron chi connectivity index (χ1n) is 4.97. The van der Waals surface area contributed by atoms with E-state index in [0.717, 1.165) is 11.1 Å². The summed E-state index contributed by atoms with van der Waals surface area (Å²) < 4.78 is 5.61. The highest BCUT2D eigenvalue weighted by Crippen LogP contribution is 2.25. The van der Waals surface area contributed by atoms with Gasteiger partial charge in [-0.3, -0.25) is 0 Å². The summed E-state index contributed by atoms with van der Waals surface area (Å²) >= 11 is 0. The molecule has 1 heterocycles. The Morgan fingerprint density at radius 1 is 1.40 bits per heavy atom. The fourth-order valence-corrected chi connectivity index (χ4v) is 1.33. The van der Waals surface area contributed by atoms with Crippen LogP contribution in [0.15, 0.2) is 22.6 Å². The SMILES string of the molecule is CC(C)N(C)c1nc2c(N)cccc2o1. The maximum absolute atomic E-state index is 5.80. The molecule has 2 rings (SSSR count). The van der Waals surface area contributed by atoms with Gasteiger partial charge in [-0.2, -0.15) is 4.98 Å². The molecule has 80 valence electrons. The van der Waals surface area contributed by atoms with Gasteiger partial charge in [0.15, 0.2) is 5.58 Å². The van der Waals surface area contributed by atoms with Gasteiger partial charge in [0.05, 0.1) is 5.69 Å². The van der Waals surface area contributed by atoms with E-state index in [0.29, 0.717) is 17.7 Å². The molecule has 1 aromatic heterocycles. The van der Waals surface area contributed by atoms with E-state index in [1.807, 2.05) is 30.1 Å². The molecular formula is C11H15N3O. The van der Waals surface area contributed by atoms with E-state index in [2.05, 4.69) is 18.8 Å². The van der Waals surface area contributed by atoms with Crippen molar-refractivity contribution in [2.45, 2.75) is 19.9 Å². The van der Waals surface area contributed by atoms with E-state index in [9.17, 15) is 0 Å². The Morgan fingerprint density at radius 2 is 2.13 bits per heavy atom. The molecule has 2 aromatic rings. The highest BCUT2D eigenvalue weighted by Gasteiger charge is 2.13. The molecule has 0 saturated carbocycles. The molecule has 0 aliphatic heterocycles. The molecule has 0 spiro atoms. The summed E-state index contributed by atoms with van der Waals surface area (Å²) in [6, 6.07) is 6.51. The topological polar surface area (TPSA) is 55.3 Å². The Labute approximate surface area is 88.7 Å². The summed E-state index contributed by atoms with van der Waals surface area (Å²) in [6.07, 6.45) is 0. The van der Waals surface area contributed by atoms with Gasteiger partial charge in [-0.25, -0.2) is 0 Å². The number of anilines is 2.